The fourth-order valence-electron chi connectivity index (χ4n) is 3.04. The fourth-order valence-corrected chi connectivity index (χ4v) is 3.91. The van der Waals surface area contributed by atoms with Crippen LogP contribution >= 0.6 is 11.3 Å². The van der Waals surface area contributed by atoms with Gasteiger partial charge in [0.05, 0.1) is 18.5 Å². The molecule has 1 amide bonds. The second kappa shape index (κ2) is 7.77. The molecule has 0 unspecified atom stereocenters. The number of aromatic nitrogens is 1. The average molecular weight is 345 g/mol. The maximum atomic E-state index is 12.2. The van der Waals surface area contributed by atoms with Crippen LogP contribution in [0.4, 0.5) is 10.8 Å². The minimum absolute atomic E-state index is 0.0710. The summed E-state index contributed by atoms with van der Waals surface area (Å²) in [5.41, 5.74) is 1.75. The molecule has 1 aromatic carbocycles. The molecule has 1 aromatic heterocycles. The predicted octanol–water partition coefficient (Wildman–Crippen LogP) is 3.82. The highest BCUT2D eigenvalue weighted by molar-refractivity contribution is 7.14. The highest BCUT2D eigenvalue weighted by Gasteiger charge is 2.21. The first kappa shape index (κ1) is 16.9. The van der Waals surface area contributed by atoms with Gasteiger partial charge in [0.2, 0.25) is 5.91 Å². The molecular formula is C18H23N3O2S. The van der Waals surface area contributed by atoms with Crippen molar-refractivity contribution in [3.8, 4) is 5.75 Å². The molecule has 0 atom stereocenters. The van der Waals surface area contributed by atoms with E-state index in [1.54, 1.807) is 18.9 Å². The van der Waals surface area contributed by atoms with Crippen molar-refractivity contribution >= 4 is 28.1 Å². The molecule has 3 rings (SSSR count). The molecule has 6 heteroatoms. The lowest BCUT2D eigenvalue weighted by molar-refractivity contribution is -0.115. The van der Waals surface area contributed by atoms with Gasteiger partial charge in [-0.25, -0.2) is 4.98 Å². The Bertz CT molecular complexity index is 695. The SMILES string of the molecule is COc1ccccc1N(C(C)=O)c1nc(CN2CCCCC2)cs1. The van der Waals surface area contributed by atoms with Gasteiger partial charge in [-0.15, -0.1) is 11.3 Å². The lowest BCUT2D eigenvalue weighted by atomic mass is 10.1. The Morgan fingerprint density at radius 1 is 1.29 bits per heavy atom. The number of carbonyl (C=O) groups excluding carboxylic acids is 1. The summed E-state index contributed by atoms with van der Waals surface area (Å²) in [6, 6.07) is 7.53. The standard InChI is InChI=1S/C18H23N3O2S/c1-14(22)21(16-8-4-5-9-17(16)23-2)18-19-15(13-24-18)12-20-10-6-3-7-11-20/h4-5,8-9,13H,3,6-7,10-12H2,1-2H3. The van der Waals surface area contributed by atoms with E-state index in [0.29, 0.717) is 10.9 Å². The first-order valence-corrected chi connectivity index (χ1v) is 9.17. The number of nitrogens with zero attached hydrogens (tertiary/aromatic N) is 3. The Labute approximate surface area is 146 Å². The maximum Gasteiger partial charge on any atom is 0.230 e. The zero-order valence-corrected chi connectivity index (χ0v) is 15.0. The van der Waals surface area contributed by atoms with Crippen LogP contribution in [0.15, 0.2) is 29.6 Å². The number of carbonyl (C=O) groups is 1. The van der Waals surface area contributed by atoms with Crippen LogP contribution < -0.4 is 9.64 Å². The number of hydrogen-bond acceptors (Lipinski definition) is 5. The van der Waals surface area contributed by atoms with Crippen molar-refractivity contribution in [3.63, 3.8) is 0 Å². The molecule has 0 N–H and O–H groups in total. The number of methoxy groups -OCH3 is 1. The maximum absolute atomic E-state index is 12.2. The number of rotatable bonds is 5. The number of piperidine rings is 1. The molecular weight excluding hydrogens is 322 g/mol. The molecule has 1 aliphatic rings. The monoisotopic (exact) mass is 345 g/mol. The van der Waals surface area contributed by atoms with Crippen LogP contribution in [0.5, 0.6) is 5.75 Å². The van der Waals surface area contributed by atoms with Gasteiger partial charge in [0.1, 0.15) is 5.75 Å². The second-order valence-electron chi connectivity index (χ2n) is 5.98. The van der Waals surface area contributed by atoms with Crippen LogP contribution in [0.2, 0.25) is 0 Å². The normalized spacial score (nSPS) is 15.2. The lowest BCUT2D eigenvalue weighted by Crippen LogP contribution is -2.29. The molecule has 0 saturated carbocycles. The zero-order chi connectivity index (χ0) is 16.9. The number of benzene rings is 1. The van der Waals surface area contributed by atoms with Crippen LogP contribution in [-0.2, 0) is 11.3 Å². The van der Waals surface area contributed by atoms with Crippen molar-refractivity contribution in [2.24, 2.45) is 0 Å². The minimum Gasteiger partial charge on any atom is -0.495 e. The summed E-state index contributed by atoms with van der Waals surface area (Å²) in [4.78, 5) is 21.0. The summed E-state index contributed by atoms with van der Waals surface area (Å²) in [6.45, 7) is 4.68. The van der Waals surface area contributed by atoms with Gasteiger partial charge < -0.3 is 4.74 Å². The van der Waals surface area contributed by atoms with Crippen LogP contribution in [0, 0.1) is 0 Å². The van der Waals surface area contributed by atoms with Gasteiger partial charge in [0.25, 0.3) is 0 Å². The molecule has 0 aliphatic carbocycles. The topological polar surface area (TPSA) is 45.7 Å². The third kappa shape index (κ3) is 3.76. The van der Waals surface area contributed by atoms with Gasteiger partial charge in [-0.1, -0.05) is 18.6 Å². The number of anilines is 2. The van der Waals surface area contributed by atoms with E-state index < -0.39 is 0 Å². The van der Waals surface area contributed by atoms with Crippen molar-refractivity contribution in [2.75, 3.05) is 25.1 Å². The number of ether oxygens (including phenoxy) is 1. The van der Waals surface area contributed by atoms with Crippen LogP contribution in [0.3, 0.4) is 0 Å². The molecule has 0 radical (unpaired) electrons. The quantitative estimate of drug-likeness (QED) is 0.826. The van der Waals surface area contributed by atoms with Gasteiger partial charge in [-0.3, -0.25) is 14.6 Å². The van der Waals surface area contributed by atoms with E-state index in [0.717, 1.165) is 31.0 Å². The predicted molar refractivity (Wildman–Crippen MR) is 97.1 cm³/mol. The Morgan fingerprint density at radius 3 is 2.75 bits per heavy atom. The van der Waals surface area contributed by atoms with Crippen molar-refractivity contribution in [3.05, 3.63) is 35.3 Å². The highest BCUT2D eigenvalue weighted by atomic mass is 32.1. The largest absolute Gasteiger partial charge is 0.495 e. The second-order valence-corrected chi connectivity index (χ2v) is 6.82. The third-order valence-electron chi connectivity index (χ3n) is 4.21. The minimum atomic E-state index is -0.0710. The Balaban J connectivity index is 1.83. The number of amides is 1. The van der Waals surface area contributed by atoms with Gasteiger partial charge in [0.15, 0.2) is 5.13 Å². The summed E-state index contributed by atoms with van der Waals surface area (Å²) in [6.07, 6.45) is 3.85. The molecule has 1 fully saturated rings. The molecule has 128 valence electrons. The summed E-state index contributed by atoms with van der Waals surface area (Å²) < 4.78 is 5.40. The fraction of sp³-hybridized carbons (Fsp3) is 0.444. The summed E-state index contributed by atoms with van der Waals surface area (Å²) in [7, 11) is 1.61. The molecule has 1 saturated heterocycles. The molecule has 2 heterocycles. The first-order chi connectivity index (χ1) is 11.7. The molecule has 1 aliphatic heterocycles. The summed E-state index contributed by atoms with van der Waals surface area (Å²) >= 11 is 1.50. The Morgan fingerprint density at radius 2 is 2.04 bits per heavy atom. The van der Waals surface area contributed by atoms with Gasteiger partial charge in [-0.2, -0.15) is 0 Å². The molecule has 24 heavy (non-hydrogen) atoms. The number of para-hydroxylation sites is 2. The van der Waals surface area contributed by atoms with Crippen LogP contribution in [0.25, 0.3) is 0 Å². The van der Waals surface area contributed by atoms with Crippen LogP contribution in [0.1, 0.15) is 31.9 Å². The van der Waals surface area contributed by atoms with E-state index in [2.05, 4.69) is 10.3 Å². The number of thiazole rings is 1. The molecule has 5 nitrogen and oxygen atoms in total. The third-order valence-corrected chi connectivity index (χ3v) is 5.08. The van der Waals surface area contributed by atoms with E-state index in [4.69, 9.17) is 9.72 Å². The van der Waals surface area contributed by atoms with E-state index >= 15 is 0 Å². The van der Waals surface area contributed by atoms with Crippen LogP contribution in [-0.4, -0.2) is 36.0 Å². The molecule has 0 bridgehead atoms. The number of hydrogen-bond donors (Lipinski definition) is 0. The first-order valence-electron chi connectivity index (χ1n) is 8.29. The van der Waals surface area contributed by atoms with Crippen molar-refractivity contribution in [1.29, 1.82) is 0 Å². The van der Waals surface area contributed by atoms with Gasteiger partial charge >= 0.3 is 0 Å². The zero-order valence-electron chi connectivity index (χ0n) is 14.2. The van der Waals surface area contributed by atoms with Crippen molar-refractivity contribution in [2.45, 2.75) is 32.7 Å². The van der Waals surface area contributed by atoms with Gasteiger partial charge in [0, 0.05) is 18.8 Å². The van der Waals surface area contributed by atoms with Gasteiger partial charge in [-0.05, 0) is 38.1 Å². The molecule has 2 aromatic rings. The van der Waals surface area contributed by atoms with Crippen molar-refractivity contribution in [1.82, 2.24) is 9.88 Å². The van der Waals surface area contributed by atoms with E-state index in [9.17, 15) is 4.79 Å². The van der Waals surface area contributed by atoms with E-state index in [-0.39, 0.29) is 5.91 Å². The summed E-state index contributed by atoms with van der Waals surface area (Å²) in [5, 5.41) is 2.74. The highest BCUT2D eigenvalue weighted by Crippen LogP contribution is 2.35. The smallest absolute Gasteiger partial charge is 0.230 e. The Hall–Kier alpha value is -1.92. The van der Waals surface area contributed by atoms with E-state index in [1.807, 2.05) is 24.3 Å². The molecule has 0 spiro atoms. The summed E-state index contributed by atoms with van der Waals surface area (Å²) in [5.74, 6) is 0.596. The van der Waals surface area contributed by atoms with E-state index in [1.165, 1.54) is 30.6 Å². The number of likely N-dealkylation sites (tertiary alicyclic amines) is 1. The average Bonchev–Trinajstić information content (AvgIpc) is 3.04. The lowest BCUT2D eigenvalue weighted by Gasteiger charge is -2.25. The van der Waals surface area contributed by atoms with Crippen molar-refractivity contribution < 1.29 is 9.53 Å². The Kier molecular flexibility index (Phi) is 5.48.